The molecule has 2 aliphatic rings. The first-order valence-corrected chi connectivity index (χ1v) is 10.8. The van der Waals surface area contributed by atoms with Gasteiger partial charge in [-0.25, -0.2) is 0 Å². The van der Waals surface area contributed by atoms with Gasteiger partial charge in [0.2, 0.25) is 5.91 Å². The lowest BCUT2D eigenvalue weighted by atomic mass is 10.0. The molecule has 2 aromatic rings. The molecule has 6 nitrogen and oxygen atoms in total. The van der Waals surface area contributed by atoms with E-state index in [0.717, 1.165) is 43.7 Å². The molecule has 1 fully saturated rings. The van der Waals surface area contributed by atoms with Gasteiger partial charge in [0.25, 0.3) is 5.91 Å². The Morgan fingerprint density at radius 2 is 2.21 bits per heavy atom. The van der Waals surface area contributed by atoms with Gasteiger partial charge in [-0.2, -0.15) is 0 Å². The van der Waals surface area contributed by atoms with Crippen molar-refractivity contribution in [2.24, 2.45) is 0 Å². The topological polar surface area (TPSA) is 65.5 Å². The lowest BCUT2D eigenvalue weighted by molar-refractivity contribution is -0.127. The van der Waals surface area contributed by atoms with Crippen LogP contribution in [0.5, 0.6) is 0 Å². The van der Waals surface area contributed by atoms with E-state index in [9.17, 15) is 9.59 Å². The summed E-state index contributed by atoms with van der Waals surface area (Å²) in [5, 5.41) is 4.79. The highest BCUT2D eigenvalue weighted by molar-refractivity contribution is 7.10. The summed E-state index contributed by atoms with van der Waals surface area (Å²) < 4.78 is 0. The summed E-state index contributed by atoms with van der Waals surface area (Å²) in [4.78, 5) is 34.9. The summed E-state index contributed by atoms with van der Waals surface area (Å²) in [5.74, 6) is -0.0819. The van der Waals surface area contributed by atoms with Gasteiger partial charge in [-0.05, 0) is 37.0 Å². The zero-order valence-corrected chi connectivity index (χ0v) is 17.2. The lowest BCUT2D eigenvalue weighted by Gasteiger charge is -2.33. The van der Waals surface area contributed by atoms with Gasteiger partial charge in [0.15, 0.2) is 0 Å². The van der Waals surface area contributed by atoms with Crippen molar-refractivity contribution >= 4 is 23.2 Å². The monoisotopic (exact) mass is 398 g/mol. The maximum absolute atomic E-state index is 13.1. The molecule has 2 amide bonds. The molecule has 148 valence electrons. The van der Waals surface area contributed by atoms with Crippen LogP contribution < -0.4 is 5.32 Å². The number of carbonyl (C=O) groups is 2. The first kappa shape index (κ1) is 19.1. The van der Waals surface area contributed by atoms with E-state index in [1.165, 1.54) is 16.0 Å². The van der Waals surface area contributed by atoms with E-state index in [2.05, 4.69) is 34.3 Å². The van der Waals surface area contributed by atoms with Crippen molar-refractivity contribution in [2.45, 2.75) is 45.8 Å². The Bertz CT molecular complexity index is 877. The van der Waals surface area contributed by atoms with Crippen LogP contribution in [0.15, 0.2) is 23.7 Å². The second-order valence-electron chi connectivity index (χ2n) is 7.49. The van der Waals surface area contributed by atoms with E-state index >= 15 is 0 Å². The maximum Gasteiger partial charge on any atom is 0.255 e. The number of pyridine rings is 1. The summed E-state index contributed by atoms with van der Waals surface area (Å²) in [6.45, 7) is 7.62. The second-order valence-corrected chi connectivity index (χ2v) is 8.45. The molecular weight excluding hydrogens is 372 g/mol. The molecule has 0 saturated carbocycles. The Morgan fingerprint density at radius 1 is 1.36 bits per heavy atom. The summed E-state index contributed by atoms with van der Waals surface area (Å²) in [6.07, 6.45) is 3.83. The zero-order chi connectivity index (χ0) is 19.7. The molecule has 1 saturated heterocycles. The highest BCUT2D eigenvalue weighted by Gasteiger charge is 2.33. The number of nitrogens with zero attached hydrogens (tertiary/aromatic N) is 3. The molecular formula is C21H26N4O2S. The minimum Gasteiger partial charge on any atom is -0.353 e. The lowest BCUT2D eigenvalue weighted by Crippen LogP contribution is -2.55. The third kappa shape index (κ3) is 3.69. The van der Waals surface area contributed by atoms with Crippen molar-refractivity contribution < 1.29 is 9.59 Å². The van der Waals surface area contributed by atoms with Crippen LogP contribution in [0.1, 0.15) is 45.9 Å². The van der Waals surface area contributed by atoms with E-state index in [0.29, 0.717) is 13.1 Å². The average molecular weight is 399 g/mol. The van der Waals surface area contributed by atoms with E-state index in [1.54, 1.807) is 23.2 Å². The third-order valence-electron chi connectivity index (χ3n) is 5.70. The quantitative estimate of drug-likeness (QED) is 0.858. The predicted octanol–water partition coefficient (Wildman–Crippen LogP) is 2.22. The van der Waals surface area contributed by atoms with Crippen molar-refractivity contribution in [1.29, 1.82) is 0 Å². The molecule has 4 heterocycles. The Kier molecular flexibility index (Phi) is 5.46. The van der Waals surface area contributed by atoms with E-state index in [-0.39, 0.29) is 11.8 Å². The van der Waals surface area contributed by atoms with Crippen LogP contribution in [-0.4, -0.2) is 52.3 Å². The minimum atomic E-state index is -0.408. The zero-order valence-electron chi connectivity index (χ0n) is 16.4. The number of amides is 2. The van der Waals surface area contributed by atoms with Crippen LogP contribution in [0.2, 0.25) is 0 Å². The fourth-order valence-electron chi connectivity index (χ4n) is 3.90. The Labute approximate surface area is 169 Å². The molecule has 0 aliphatic carbocycles. The Hall–Kier alpha value is -2.25. The summed E-state index contributed by atoms with van der Waals surface area (Å²) >= 11 is 1.66. The molecule has 7 heteroatoms. The molecule has 28 heavy (non-hydrogen) atoms. The number of aromatic nitrogens is 1. The molecule has 0 radical (unpaired) electrons. The second kappa shape index (κ2) is 8.01. The van der Waals surface area contributed by atoms with Crippen LogP contribution in [0, 0.1) is 0 Å². The molecule has 1 N–H and O–H groups in total. The number of carbonyl (C=O) groups excluding carboxylic acids is 2. The molecule has 4 rings (SSSR count). The number of fused-ring (bicyclic) bond motifs is 1. The largest absolute Gasteiger partial charge is 0.353 e. The molecule has 0 unspecified atom stereocenters. The van der Waals surface area contributed by atoms with Gasteiger partial charge in [0, 0.05) is 49.2 Å². The fraction of sp³-hybridized carbons (Fsp3) is 0.476. The highest BCUT2D eigenvalue weighted by Crippen LogP contribution is 2.30. The number of piperazine rings is 1. The third-order valence-corrected chi connectivity index (χ3v) is 6.71. The molecule has 0 aromatic carbocycles. The van der Waals surface area contributed by atoms with Gasteiger partial charge in [-0.15, -0.1) is 11.3 Å². The molecule has 0 bridgehead atoms. The van der Waals surface area contributed by atoms with E-state index in [1.807, 2.05) is 11.6 Å². The number of hydrogen-bond donors (Lipinski definition) is 1. The Morgan fingerprint density at radius 3 is 2.96 bits per heavy atom. The van der Waals surface area contributed by atoms with Crippen LogP contribution in [0.3, 0.4) is 0 Å². The summed E-state index contributed by atoms with van der Waals surface area (Å²) in [6, 6.07) is 3.85. The van der Waals surface area contributed by atoms with Gasteiger partial charge in [-0.1, -0.05) is 13.0 Å². The molecule has 0 spiro atoms. The van der Waals surface area contributed by atoms with Crippen LogP contribution in [0.4, 0.5) is 0 Å². The molecule has 2 aliphatic heterocycles. The number of aryl methyl sites for hydroxylation is 1. The van der Waals surface area contributed by atoms with E-state index in [4.69, 9.17) is 0 Å². The van der Waals surface area contributed by atoms with Gasteiger partial charge < -0.3 is 10.2 Å². The summed E-state index contributed by atoms with van der Waals surface area (Å²) in [7, 11) is 0. The normalized spacial score (nSPS) is 20.0. The minimum absolute atomic E-state index is 0.00915. The number of hydrogen-bond acceptors (Lipinski definition) is 5. The molecule has 2 aromatic heterocycles. The van der Waals surface area contributed by atoms with Crippen molar-refractivity contribution in [1.82, 2.24) is 20.1 Å². The number of rotatable bonds is 4. The first-order valence-electron chi connectivity index (χ1n) is 9.91. The number of thiophene rings is 1. The van der Waals surface area contributed by atoms with E-state index < -0.39 is 6.04 Å². The predicted molar refractivity (Wildman–Crippen MR) is 109 cm³/mol. The van der Waals surface area contributed by atoms with Gasteiger partial charge in [-0.3, -0.25) is 19.5 Å². The van der Waals surface area contributed by atoms with Crippen molar-refractivity contribution in [2.75, 3.05) is 19.6 Å². The van der Waals surface area contributed by atoms with Gasteiger partial charge in [0.1, 0.15) is 6.04 Å². The van der Waals surface area contributed by atoms with Crippen molar-refractivity contribution in [3.63, 3.8) is 0 Å². The van der Waals surface area contributed by atoms with Crippen LogP contribution >= 0.6 is 11.3 Å². The summed E-state index contributed by atoms with van der Waals surface area (Å²) in [5.41, 5.74) is 4.29. The van der Waals surface area contributed by atoms with Crippen molar-refractivity contribution in [3.05, 3.63) is 51.0 Å². The van der Waals surface area contributed by atoms with Gasteiger partial charge in [0.05, 0.1) is 11.3 Å². The Balaban J connectivity index is 1.45. The fourth-order valence-corrected chi connectivity index (χ4v) is 5.01. The van der Waals surface area contributed by atoms with Crippen molar-refractivity contribution in [3.8, 4) is 0 Å². The smallest absolute Gasteiger partial charge is 0.255 e. The average Bonchev–Trinajstić information content (AvgIpc) is 3.13. The highest BCUT2D eigenvalue weighted by atomic mass is 32.1. The van der Waals surface area contributed by atoms with Crippen LogP contribution in [-0.2, 0) is 30.7 Å². The van der Waals surface area contributed by atoms with Crippen LogP contribution in [0.25, 0.3) is 0 Å². The number of nitrogens with one attached hydrogen (secondary N) is 1. The van der Waals surface area contributed by atoms with Gasteiger partial charge >= 0.3 is 0 Å². The first-order chi connectivity index (χ1) is 13.6. The molecule has 1 atom stereocenters. The maximum atomic E-state index is 13.1. The standard InChI is InChI=1S/C21H26N4O2S/c1-3-15-4-5-16(23-10-15)11-24-8-6-17-18(13-28-19(17)12-24)21(27)25-9-7-22-20(26)14(25)2/h4-5,10,13-14H,3,6-9,11-12H2,1-2H3,(H,22,26)/t14-/m1/s1. The SMILES string of the molecule is CCc1ccc(CN2CCc3c(C(=O)N4CCNC(=O)[C@H]4C)csc3C2)nc1.